The van der Waals surface area contributed by atoms with E-state index in [4.69, 9.17) is 21.1 Å². The van der Waals surface area contributed by atoms with Gasteiger partial charge in [0.15, 0.2) is 5.78 Å². The van der Waals surface area contributed by atoms with Gasteiger partial charge in [0.1, 0.15) is 5.92 Å². The number of allylic oxidation sites excluding steroid dienone is 1. The van der Waals surface area contributed by atoms with Gasteiger partial charge >= 0.3 is 11.9 Å². The van der Waals surface area contributed by atoms with Crippen molar-refractivity contribution in [3.63, 3.8) is 0 Å². The molecule has 0 aliphatic heterocycles. The smallest absolute Gasteiger partial charge is 0.317 e. The van der Waals surface area contributed by atoms with E-state index in [2.05, 4.69) is 0 Å². The standard InChI is InChI=1S/C17H17ClO5/c1-9-8-12(19)15(17(21)23-3)14(13(9)16(20)22-2)10-4-6-11(18)7-5-10/h4-8,13-15H,1-3H3. The molecule has 1 aliphatic carbocycles. The summed E-state index contributed by atoms with van der Waals surface area (Å²) in [5.41, 5.74) is 1.21. The number of ether oxygens (including phenoxy) is 2. The average Bonchev–Trinajstić information content (AvgIpc) is 2.53. The lowest BCUT2D eigenvalue weighted by atomic mass is 9.68. The van der Waals surface area contributed by atoms with E-state index in [1.165, 1.54) is 20.3 Å². The van der Waals surface area contributed by atoms with Crippen LogP contribution >= 0.6 is 11.6 Å². The maximum absolute atomic E-state index is 12.4. The fraction of sp³-hybridized carbons (Fsp3) is 0.353. The van der Waals surface area contributed by atoms with Crippen LogP contribution < -0.4 is 0 Å². The number of ketones is 1. The molecule has 5 nitrogen and oxygen atoms in total. The highest BCUT2D eigenvalue weighted by atomic mass is 35.5. The van der Waals surface area contributed by atoms with E-state index in [0.29, 0.717) is 16.2 Å². The molecular formula is C17H17ClO5. The fourth-order valence-electron chi connectivity index (χ4n) is 2.98. The minimum Gasteiger partial charge on any atom is -0.469 e. The predicted molar refractivity (Wildman–Crippen MR) is 84.0 cm³/mol. The maximum Gasteiger partial charge on any atom is 0.317 e. The van der Waals surface area contributed by atoms with Crippen LogP contribution in [-0.4, -0.2) is 31.9 Å². The van der Waals surface area contributed by atoms with E-state index in [-0.39, 0.29) is 5.78 Å². The van der Waals surface area contributed by atoms with Gasteiger partial charge in [-0.3, -0.25) is 14.4 Å². The molecule has 0 N–H and O–H groups in total. The van der Waals surface area contributed by atoms with Gasteiger partial charge in [0, 0.05) is 10.9 Å². The van der Waals surface area contributed by atoms with Crippen LogP contribution in [0.2, 0.25) is 5.02 Å². The van der Waals surface area contributed by atoms with E-state index < -0.39 is 29.7 Å². The van der Waals surface area contributed by atoms with E-state index >= 15 is 0 Å². The summed E-state index contributed by atoms with van der Waals surface area (Å²) >= 11 is 5.90. The van der Waals surface area contributed by atoms with Gasteiger partial charge in [0.05, 0.1) is 20.1 Å². The minimum absolute atomic E-state index is 0.380. The highest BCUT2D eigenvalue weighted by Gasteiger charge is 2.47. The molecule has 0 spiro atoms. The van der Waals surface area contributed by atoms with Crippen molar-refractivity contribution in [2.24, 2.45) is 11.8 Å². The van der Waals surface area contributed by atoms with Crippen molar-refractivity contribution in [1.29, 1.82) is 0 Å². The molecule has 0 saturated heterocycles. The second-order valence-electron chi connectivity index (χ2n) is 5.37. The Balaban J connectivity index is 2.61. The molecule has 1 aliphatic rings. The first-order chi connectivity index (χ1) is 10.9. The Labute approximate surface area is 139 Å². The molecule has 1 aromatic rings. The van der Waals surface area contributed by atoms with Crippen molar-refractivity contribution >= 4 is 29.3 Å². The average molecular weight is 337 g/mol. The first-order valence-corrected chi connectivity index (χ1v) is 7.41. The number of halogens is 1. The van der Waals surface area contributed by atoms with Crippen LogP contribution in [-0.2, 0) is 23.9 Å². The summed E-state index contributed by atoms with van der Waals surface area (Å²) in [7, 11) is 2.49. The topological polar surface area (TPSA) is 69.7 Å². The highest BCUT2D eigenvalue weighted by molar-refractivity contribution is 6.30. The SMILES string of the molecule is COC(=O)C1C(=O)C=C(C)C(C(=O)OC)C1c1ccc(Cl)cc1. The normalized spacial score (nSPS) is 23.9. The van der Waals surface area contributed by atoms with Crippen LogP contribution in [0.4, 0.5) is 0 Å². The van der Waals surface area contributed by atoms with Gasteiger partial charge in [0.25, 0.3) is 0 Å². The van der Waals surface area contributed by atoms with Gasteiger partial charge in [-0.2, -0.15) is 0 Å². The number of benzene rings is 1. The number of hydrogen-bond donors (Lipinski definition) is 0. The zero-order valence-electron chi connectivity index (χ0n) is 13.0. The van der Waals surface area contributed by atoms with Crippen molar-refractivity contribution in [1.82, 2.24) is 0 Å². The summed E-state index contributed by atoms with van der Waals surface area (Å²) in [5.74, 6) is -4.07. The third-order valence-corrected chi connectivity index (χ3v) is 4.30. The van der Waals surface area contributed by atoms with Gasteiger partial charge in [-0.25, -0.2) is 0 Å². The lowest BCUT2D eigenvalue weighted by Crippen LogP contribution is -2.41. The number of esters is 2. The Morgan fingerprint density at radius 2 is 1.52 bits per heavy atom. The van der Waals surface area contributed by atoms with Crippen molar-refractivity contribution in [3.05, 3.63) is 46.5 Å². The molecule has 3 unspecified atom stereocenters. The Hall–Kier alpha value is -2.14. The van der Waals surface area contributed by atoms with Crippen molar-refractivity contribution in [3.8, 4) is 0 Å². The zero-order chi connectivity index (χ0) is 17.1. The monoisotopic (exact) mass is 336 g/mol. The Morgan fingerprint density at radius 1 is 1.00 bits per heavy atom. The summed E-state index contributed by atoms with van der Waals surface area (Å²) in [4.78, 5) is 36.7. The second kappa shape index (κ2) is 6.96. The molecule has 6 heteroatoms. The molecule has 3 atom stereocenters. The maximum atomic E-state index is 12.4. The fourth-order valence-corrected chi connectivity index (χ4v) is 3.10. The molecule has 0 radical (unpaired) electrons. The summed E-state index contributed by atoms with van der Waals surface area (Å²) in [5, 5.41) is 0.521. The minimum atomic E-state index is -1.09. The highest BCUT2D eigenvalue weighted by Crippen LogP contribution is 2.42. The summed E-state index contributed by atoms with van der Waals surface area (Å²) in [6, 6.07) is 6.70. The molecule has 0 heterocycles. The molecule has 2 rings (SSSR count). The molecule has 0 aromatic heterocycles. The first-order valence-electron chi connectivity index (χ1n) is 7.03. The number of carbonyl (C=O) groups excluding carboxylic acids is 3. The quantitative estimate of drug-likeness (QED) is 0.626. The van der Waals surface area contributed by atoms with Gasteiger partial charge < -0.3 is 9.47 Å². The Morgan fingerprint density at radius 3 is 2.04 bits per heavy atom. The Kier molecular flexibility index (Phi) is 5.21. The van der Waals surface area contributed by atoms with E-state index in [0.717, 1.165) is 0 Å². The van der Waals surface area contributed by atoms with Gasteiger partial charge in [-0.05, 0) is 30.7 Å². The summed E-state index contributed by atoms with van der Waals surface area (Å²) < 4.78 is 9.63. The lowest BCUT2D eigenvalue weighted by Gasteiger charge is -2.34. The molecule has 0 amide bonds. The van der Waals surface area contributed by atoms with Gasteiger partial charge in [-0.15, -0.1) is 0 Å². The third-order valence-electron chi connectivity index (χ3n) is 4.05. The van der Waals surface area contributed by atoms with Crippen LogP contribution in [0, 0.1) is 11.8 Å². The number of rotatable bonds is 3. The Bertz CT molecular complexity index is 662. The van der Waals surface area contributed by atoms with E-state index in [1.807, 2.05) is 0 Å². The molecular weight excluding hydrogens is 320 g/mol. The largest absolute Gasteiger partial charge is 0.469 e. The molecule has 1 aromatic carbocycles. The van der Waals surface area contributed by atoms with Crippen LogP contribution in [0.1, 0.15) is 18.4 Å². The van der Waals surface area contributed by atoms with Crippen LogP contribution in [0.5, 0.6) is 0 Å². The van der Waals surface area contributed by atoms with Crippen LogP contribution in [0.25, 0.3) is 0 Å². The van der Waals surface area contributed by atoms with E-state index in [9.17, 15) is 14.4 Å². The third kappa shape index (κ3) is 3.29. The molecule has 0 bridgehead atoms. The number of hydrogen-bond acceptors (Lipinski definition) is 5. The van der Waals surface area contributed by atoms with E-state index in [1.54, 1.807) is 31.2 Å². The van der Waals surface area contributed by atoms with Gasteiger partial charge in [-0.1, -0.05) is 29.3 Å². The molecule has 122 valence electrons. The molecule has 23 heavy (non-hydrogen) atoms. The van der Waals surface area contributed by atoms with Crippen LogP contribution in [0.15, 0.2) is 35.9 Å². The number of carbonyl (C=O) groups is 3. The summed E-state index contributed by atoms with van der Waals surface area (Å²) in [6.07, 6.45) is 1.32. The van der Waals surface area contributed by atoms with Crippen molar-refractivity contribution in [2.45, 2.75) is 12.8 Å². The lowest BCUT2D eigenvalue weighted by molar-refractivity contribution is -0.152. The molecule has 0 fully saturated rings. The van der Waals surface area contributed by atoms with Crippen molar-refractivity contribution < 1.29 is 23.9 Å². The molecule has 0 saturated carbocycles. The van der Waals surface area contributed by atoms with Gasteiger partial charge in [0.2, 0.25) is 0 Å². The second-order valence-corrected chi connectivity index (χ2v) is 5.81. The van der Waals surface area contributed by atoms with Crippen molar-refractivity contribution in [2.75, 3.05) is 14.2 Å². The zero-order valence-corrected chi connectivity index (χ0v) is 13.8. The summed E-state index contributed by atoms with van der Waals surface area (Å²) in [6.45, 7) is 1.68. The first kappa shape index (κ1) is 17.2. The van der Waals surface area contributed by atoms with Crippen LogP contribution in [0.3, 0.4) is 0 Å². The number of methoxy groups -OCH3 is 2. The predicted octanol–water partition coefficient (Wildman–Crippen LogP) is 2.53.